The van der Waals surface area contributed by atoms with Crippen LogP contribution in [0.4, 0.5) is 10.5 Å². The molecule has 0 aromatic heterocycles. The topological polar surface area (TPSA) is 70.7 Å². The Balaban J connectivity index is 1.84. The number of carbonyl (C=O) groups excluding carboxylic acids is 2. The van der Waals surface area contributed by atoms with Crippen molar-refractivity contribution in [1.29, 1.82) is 0 Å². The minimum Gasteiger partial charge on any atom is -0.376 e. The molecule has 2 N–H and O–H groups in total. The van der Waals surface area contributed by atoms with Crippen molar-refractivity contribution in [2.75, 3.05) is 31.6 Å². The smallest absolute Gasteiger partial charge is 0.319 e. The number of nitrogens with one attached hydrogen (secondary N) is 2. The van der Waals surface area contributed by atoms with E-state index in [1.807, 2.05) is 13.8 Å². The molecular formula is C17H25N3O3. The summed E-state index contributed by atoms with van der Waals surface area (Å²) < 4.78 is 5.45. The maximum Gasteiger partial charge on any atom is 0.319 e. The average molecular weight is 319 g/mol. The molecule has 23 heavy (non-hydrogen) atoms. The highest BCUT2D eigenvalue weighted by molar-refractivity contribution is 5.95. The molecule has 1 fully saturated rings. The van der Waals surface area contributed by atoms with E-state index in [-0.39, 0.29) is 18.0 Å². The van der Waals surface area contributed by atoms with Crippen molar-refractivity contribution in [2.45, 2.75) is 32.8 Å². The first-order chi connectivity index (χ1) is 11.1. The van der Waals surface area contributed by atoms with E-state index in [9.17, 15) is 9.59 Å². The van der Waals surface area contributed by atoms with Gasteiger partial charge in [-0.05, 0) is 51.0 Å². The Labute approximate surface area is 137 Å². The van der Waals surface area contributed by atoms with Crippen molar-refractivity contribution in [1.82, 2.24) is 10.2 Å². The third-order valence-electron chi connectivity index (χ3n) is 3.95. The molecule has 0 radical (unpaired) electrons. The van der Waals surface area contributed by atoms with E-state index in [1.54, 1.807) is 29.2 Å². The minimum absolute atomic E-state index is 0.00406. The normalized spacial score (nSPS) is 16.9. The van der Waals surface area contributed by atoms with Crippen LogP contribution in [0.3, 0.4) is 0 Å². The van der Waals surface area contributed by atoms with Crippen LogP contribution in [0.1, 0.15) is 37.0 Å². The second-order valence-electron chi connectivity index (χ2n) is 5.52. The third kappa shape index (κ3) is 4.96. The Hall–Kier alpha value is -2.08. The number of rotatable bonds is 6. The zero-order chi connectivity index (χ0) is 16.7. The molecule has 2 rings (SSSR count). The van der Waals surface area contributed by atoms with Crippen molar-refractivity contribution in [3.8, 4) is 0 Å². The number of hydrogen-bond acceptors (Lipinski definition) is 3. The lowest BCUT2D eigenvalue weighted by Crippen LogP contribution is -2.35. The van der Waals surface area contributed by atoms with Gasteiger partial charge < -0.3 is 20.3 Å². The summed E-state index contributed by atoms with van der Waals surface area (Å²) in [6, 6.07) is 6.68. The van der Waals surface area contributed by atoms with Gasteiger partial charge in [0.15, 0.2) is 0 Å². The Morgan fingerprint density at radius 1 is 1.22 bits per heavy atom. The molecule has 0 aliphatic carbocycles. The van der Waals surface area contributed by atoms with E-state index in [4.69, 9.17) is 4.74 Å². The van der Waals surface area contributed by atoms with Crippen LogP contribution in [-0.2, 0) is 4.74 Å². The van der Waals surface area contributed by atoms with Gasteiger partial charge in [-0.2, -0.15) is 0 Å². The molecular weight excluding hydrogens is 294 g/mol. The van der Waals surface area contributed by atoms with Crippen LogP contribution < -0.4 is 10.6 Å². The van der Waals surface area contributed by atoms with Crippen molar-refractivity contribution in [3.05, 3.63) is 29.8 Å². The lowest BCUT2D eigenvalue weighted by molar-refractivity contribution is 0.0773. The molecule has 1 saturated heterocycles. The maximum atomic E-state index is 12.2. The summed E-state index contributed by atoms with van der Waals surface area (Å²) in [4.78, 5) is 25.8. The molecule has 1 unspecified atom stereocenters. The lowest BCUT2D eigenvalue weighted by Gasteiger charge is -2.18. The number of urea groups is 1. The Morgan fingerprint density at radius 3 is 2.48 bits per heavy atom. The van der Waals surface area contributed by atoms with Crippen LogP contribution in [0, 0.1) is 0 Å². The summed E-state index contributed by atoms with van der Waals surface area (Å²) in [5.74, 6) is 0.00406. The number of nitrogens with zero attached hydrogens (tertiary/aromatic N) is 1. The third-order valence-corrected chi connectivity index (χ3v) is 3.95. The molecule has 1 aliphatic rings. The van der Waals surface area contributed by atoms with Gasteiger partial charge in [0.25, 0.3) is 5.91 Å². The lowest BCUT2D eigenvalue weighted by atomic mass is 10.2. The summed E-state index contributed by atoms with van der Waals surface area (Å²) in [6.07, 6.45) is 2.16. The Bertz CT molecular complexity index is 520. The van der Waals surface area contributed by atoms with Gasteiger partial charge in [0.1, 0.15) is 0 Å². The fraction of sp³-hybridized carbons (Fsp3) is 0.529. The molecule has 1 heterocycles. The van der Waals surface area contributed by atoms with Crippen molar-refractivity contribution >= 4 is 17.6 Å². The molecule has 1 aromatic carbocycles. The van der Waals surface area contributed by atoms with Crippen LogP contribution in [0.5, 0.6) is 0 Å². The van der Waals surface area contributed by atoms with Crippen molar-refractivity contribution in [2.24, 2.45) is 0 Å². The summed E-state index contributed by atoms with van der Waals surface area (Å²) in [5.41, 5.74) is 1.28. The molecule has 1 aromatic rings. The fourth-order valence-electron chi connectivity index (χ4n) is 2.58. The van der Waals surface area contributed by atoms with E-state index >= 15 is 0 Å². The van der Waals surface area contributed by atoms with Crippen LogP contribution in [0.15, 0.2) is 24.3 Å². The monoisotopic (exact) mass is 319 g/mol. The van der Waals surface area contributed by atoms with Gasteiger partial charge in [0.05, 0.1) is 6.10 Å². The quantitative estimate of drug-likeness (QED) is 0.846. The van der Waals surface area contributed by atoms with Crippen molar-refractivity contribution in [3.63, 3.8) is 0 Å². The summed E-state index contributed by atoms with van der Waals surface area (Å²) in [5, 5.41) is 5.56. The van der Waals surface area contributed by atoms with Gasteiger partial charge in [-0.15, -0.1) is 0 Å². The molecule has 0 saturated carbocycles. The van der Waals surface area contributed by atoms with E-state index in [0.717, 1.165) is 19.4 Å². The molecule has 0 bridgehead atoms. The Morgan fingerprint density at radius 2 is 1.91 bits per heavy atom. The Kier molecular flexibility index (Phi) is 6.40. The first-order valence-electron chi connectivity index (χ1n) is 8.19. The molecule has 126 valence electrons. The molecule has 1 aliphatic heterocycles. The first kappa shape index (κ1) is 17.3. The SMILES string of the molecule is CCN(CC)C(=O)c1ccc(NC(=O)NCC2CCCO2)cc1. The van der Waals surface area contributed by atoms with Crippen LogP contribution in [-0.4, -0.2) is 49.2 Å². The fourth-order valence-corrected chi connectivity index (χ4v) is 2.58. The predicted molar refractivity (Wildman–Crippen MR) is 89.7 cm³/mol. The number of benzene rings is 1. The summed E-state index contributed by atoms with van der Waals surface area (Å²) in [6.45, 7) is 6.56. The second kappa shape index (κ2) is 8.53. The molecule has 6 heteroatoms. The molecule has 3 amide bonds. The highest BCUT2D eigenvalue weighted by atomic mass is 16.5. The molecule has 0 spiro atoms. The van der Waals surface area contributed by atoms with Gasteiger partial charge in [0, 0.05) is 37.5 Å². The standard InChI is InChI=1S/C17H25N3O3/c1-3-20(4-2)16(21)13-7-9-14(10-8-13)19-17(22)18-12-15-6-5-11-23-15/h7-10,15H,3-6,11-12H2,1-2H3,(H2,18,19,22). The first-order valence-corrected chi connectivity index (χ1v) is 8.19. The summed E-state index contributed by atoms with van der Waals surface area (Å²) >= 11 is 0. The number of ether oxygens (including phenoxy) is 1. The number of anilines is 1. The predicted octanol–water partition coefficient (Wildman–Crippen LogP) is 2.47. The van der Waals surface area contributed by atoms with E-state index in [2.05, 4.69) is 10.6 Å². The van der Waals surface area contributed by atoms with Gasteiger partial charge >= 0.3 is 6.03 Å². The molecule has 1 atom stereocenters. The zero-order valence-electron chi connectivity index (χ0n) is 13.8. The van der Waals surface area contributed by atoms with Gasteiger partial charge in [-0.1, -0.05) is 0 Å². The largest absolute Gasteiger partial charge is 0.376 e. The van der Waals surface area contributed by atoms with Crippen LogP contribution in [0.2, 0.25) is 0 Å². The highest BCUT2D eigenvalue weighted by Crippen LogP contribution is 2.13. The van der Waals surface area contributed by atoms with E-state index in [0.29, 0.717) is 30.9 Å². The van der Waals surface area contributed by atoms with Gasteiger partial charge in [-0.3, -0.25) is 4.79 Å². The highest BCUT2D eigenvalue weighted by Gasteiger charge is 2.16. The van der Waals surface area contributed by atoms with E-state index < -0.39 is 0 Å². The van der Waals surface area contributed by atoms with Gasteiger partial charge in [0.2, 0.25) is 0 Å². The number of carbonyl (C=O) groups is 2. The average Bonchev–Trinajstić information content (AvgIpc) is 3.08. The van der Waals surface area contributed by atoms with Crippen LogP contribution >= 0.6 is 0 Å². The van der Waals surface area contributed by atoms with Gasteiger partial charge in [-0.25, -0.2) is 4.79 Å². The second-order valence-corrected chi connectivity index (χ2v) is 5.52. The zero-order valence-corrected chi connectivity index (χ0v) is 13.8. The maximum absolute atomic E-state index is 12.2. The van der Waals surface area contributed by atoms with Crippen molar-refractivity contribution < 1.29 is 14.3 Å². The molecule has 6 nitrogen and oxygen atoms in total. The van der Waals surface area contributed by atoms with E-state index in [1.165, 1.54) is 0 Å². The number of amides is 3. The summed E-state index contributed by atoms with van der Waals surface area (Å²) in [7, 11) is 0. The van der Waals surface area contributed by atoms with Crippen LogP contribution in [0.25, 0.3) is 0 Å². The minimum atomic E-state index is -0.261. The number of hydrogen-bond donors (Lipinski definition) is 2.